The first-order valence-corrected chi connectivity index (χ1v) is 18.6. The molecule has 0 amide bonds. The Morgan fingerprint density at radius 2 is 1.14 bits per heavy atom. The summed E-state index contributed by atoms with van der Waals surface area (Å²) in [5, 5.41) is 4.83. The lowest BCUT2D eigenvalue weighted by atomic mass is 9.68. The zero-order valence-corrected chi connectivity index (χ0v) is 34.0. The second-order valence-corrected chi connectivity index (χ2v) is 19.5. The molecule has 0 saturated carbocycles. The van der Waals surface area contributed by atoms with Gasteiger partial charge in [-0.1, -0.05) is 106 Å². The van der Waals surface area contributed by atoms with Crippen molar-refractivity contribution < 1.29 is 18.8 Å². The van der Waals surface area contributed by atoms with Gasteiger partial charge in [-0.05, 0) is 125 Å². The van der Waals surface area contributed by atoms with Crippen LogP contribution in [0.3, 0.4) is 0 Å². The molecule has 0 radical (unpaired) electrons. The highest BCUT2D eigenvalue weighted by atomic mass is 16.7. The van der Waals surface area contributed by atoms with E-state index in [9.17, 15) is 0 Å². The molecule has 0 spiro atoms. The minimum absolute atomic E-state index is 0.0215. The van der Waals surface area contributed by atoms with E-state index >= 15 is 0 Å². The fourth-order valence-electron chi connectivity index (χ4n) is 7.48. The van der Waals surface area contributed by atoms with Gasteiger partial charge in [-0.25, -0.2) is 0 Å². The normalized spacial score (nSPS) is 16.8. The van der Waals surface area contributed by atoms with Gasteiger partial charge >= 0.3 is 7.12 Å². The monoisotopic (exact) mass is 678 g/mol. The predicted octanol–water partition coefficient (Wildman–Crippen LogP) is 11.6. The summed E-state index contributed by atoms with van der Waals surface area (Å²) in [4.78, 5) is 0. The van der Waals surface area contributed by atoms with Gasteiger partial charge in [0, 0.05) is 23.2 Å². The van der Waals surface area contributed by atoms with E-state index in [2.05, 4.69) is 158 Å². The van der Waals surface area contributed by atoms with Crippen LogP contribution >= 0.6 is 0 Å². The van der Waals surface area contributed by atoms with Gasteiger partial charge in [0.2, 0.25) is 0 Å². The van der Waals surface area contributed by atoms with Crippen molar-refractivity contribution in [3.05, 3.63) is 71.3 Å². The van der Waals surface area contributed by atoms with Crippen molar-refractivity contribution in [3.8, 4) is 16.9 Å². The molecule has 0 bridgehead atoms. The molecule has 5 rings (SSSR count). The summed E-state index contributed by atoms with van der Waals surface area (Å²) in [6, 6.07) is 21.0. The average molecular weight is 679 g/mol. The second-order valence-electron chi connectivity index (χ2n) is 19.5. The molecule has 50 heavy (non-hydrogen) atoms. The Morgan fingerprint density at radius 1 is 0.640 bits per heavy atom. The van der Waals surface area contributed by atoms with Crippen molar-refractivity contribution in [3.63, 3.8) is 0 Å². The third-order valence-corrected chi connectivity index (χ3v) is 10.8. The van der Waals surface area contributed by atoms with Crippen molar-refractivity contribution >= 4 is 34.1 Å². The van der Waals surface area contributed by atoms with E-state index in [-0.39, 0.29) is 28.5 Å². The Labute approximate surface area is 303 Å². The highest BCUT2D eigenvalue weighted by molar-refractivity contribution is 6.63. The van der Waals surface area contributed by atoms with Crippen molar-refractivity contribution in [2.45, 2.75) is 145 Å². The first-order valence-electron chi connectivity index (χ1n) is 18.6. The summed E-state index contributed by atoms with van der Waals surface area (Å²) in [6.07, 6.45) is 1.00. The van der Waals surface area contributed by atoms with Crippen molar-refractivity contribution in [2.24, 2.45) is 5.41 Å². The van der Waals surface area contributed by atoms with Gasteiger partial charge in [-0.15, -0.1) is 0 Å². The van der Waals surface area contributed by atoms with Gasteiger partial charge in [-0.2, -0.15) is 0 Å². The van der Waals surface area contributed by atoms with Gasteiger partial charge < -0.3 is 18.8 Å². The largest absolute Gasteiger partial charge is 0.498 e. The van der Waals surface area contributed by atoms with Crippen molar-refractivity contribution in [2.75, 3.05) is 13.4 Å². The number of rotatable bonds is 8. The Morgan fingerprint density at radius 3 is 1.58 bits per heavy atom. The molecule has 4 nitrogen and oxygen atoms in total. The molecule has 4 aromatic rings. The van der Waals surface area contributed by atoms with Gasteiger partial charge in [0.05, 0.1) is 11.2 Å². The van der Waals surface area contributed by atoms with Gasteiger partial charge in [0.25, 0.3) is 0 Å². The molecule has 0 N–H and O–H groups in total. The fourth-order valence-corrected chi connectivity index (χ4v) is 7.48. The molecule has 0 aliphatic carbocycles. The summed E-state index contributed by atoms with van der Waals surface area (Å²) in [6.45, 7) is 36.6. The maximum absolute atomic E-state index is 6.82. The molecular formula is C45H63BO4. The van der Waals surface area contributed by atoms with Crippen molar-refractivity contribution in [1.82, 2.24) is 0 Å². The van der Waals surface area contributed by atoms with Gasteiger partial charge in [0.15, 0.2) is 6.79 Å². The molecule has 1 fully saturated rings. The van der Waals surface area contributed by atoms with E-state index in [0.717, 1.165) is 23.2 Å². The quantitative estimate of drug-likeness (QED) is 0.0804. The van der Waals surface area contributed by atoms with E-state index in [4.69, 9.17) is 18.8 Å². The summed E-state index contributed by atoms with van der Waals surface area (Å²) in [5.41, 5.74) is 5.84. The number of ether oxygens (including phenoxy) is 2. The molecule has 4 aromatic carbocycles. The lowest BCUT2D eigenvalue weighted by molar-refractivity contribution is 0.00578. The first-order chi connectivity index (χ1) is 22.8. The number of hydrogen-bond acceptors (Lipinski definition) is 4. The fraction of sp³-hybridized carbons (Fsp3) is 0.556. The van der Waals surface area contributed by atoms with Crippen molar-refractivity contribution in [1.29, 1.82) is 0 Å². The van der Waals surface area contributed by atoms with Crippen LogP contribution in [0.25, 0.3) is 32.7 Å². The van der Waals surface area contributed by atoms with E-state index in [1.54, 1.807) is 0 Å². The maximum atomic E-state index is 6.82. The van der Waals surface area contributed by atoms with Gasteiger partial charge in [-0.3, -0.25) is 0 Å². The van der Waals surface area contributed by atoms with Crippen LogP contribution in [0.5, 0.6) is 5.75 Å². The topological polar surface area (TPSA) is 36.9 Å². The third-order valence-electron chi connectivity index (χ3n) is 10.8. The molecular weight excluding hydrogens is 615 g/mol. The molecule has 0 unspecified atom stereocenters. The Kier molecular flexibility index (Phi) is 9.96. The van der Waals surface area contributed by atoms with Crippen LogP contribution < -0.4 is 10.2 Å². The van der Waals surface area contributed by atoms with Crippen LogP contribution in [0.1, 0.15) is 134 Å². The van der Waals surface area contributed by atoms with Crippen LogP contribution in [0.2, 0.25) is 0 Å². The predicted molar refractivity (Wildman–Crippen MR) is 214 cm³/mol. The smallest absolute Gasteiger partial charge is 0.467 e. The number of hydrogen-bond donors (Lipinski definition) is 0. The molecule has 0 atom stereocenters. The Bertz CT molecular complexity index is 1790. The molecule has 1 aliphatic rings. The van der Waals surface area contributed by atoms with Gasteiger partial charge in [0.1, 0.15) is 5.75 Å². The Hall–Kier alpha value is -2.86. The van der Waals surface area contributed by atoms with E-state index in [1.807, 2.05) is 6.92 Å². The average Bonchev–Trinajstić information content (AvgIpc) is 3.19. The molecule has 0 aromatic heterocycles. The standard InChI is InChI=1S/C45H63BO4/c1-17-47-28-48-39-36(25-33(43(11,12)27-40(2,3)4)26-37(39)46-49-44(13,14)45(15,16)50-46)38-34-23-31(41(5,6)7)20-18-29(34)22-30-19-21-32(24-35(30)38)42(8,9)10/h18-26H,17,27-28H2,1-16H3. The SMILES string of the molecule is CCOCOc1c(B2OC(C)(C)C(C)(C)O2)cc(C(C)(C)CC(C)(C)C)cc1-c1c2cc(C(C)(C)C)ccc2cc2ccc(C(C)(C)C)cc12. The summed E-state index contributed by atoms with van der Waals surface area (Å²) in [7, 11) is -0.614. The minimum Gasteiger partial charge on any atom is -0.467 e. The van der Waals surface area contributed by atoms with E-state index in [0.29, 0.717) is 6.61 Å². The highest BCUT2D eigenvalue weighted by Crippen LogP contribution is 2.47. The number of benzene rings is 4. The second kappa shape index (κ2) is 13.0. The molecule has 270 valence electrons. The third kappa shape index (κ3) is 7.66. The lowest BCUT2D eigenvalue weighted by Gasteiger charge is -2.34. The van der Waals surface area contributed by atoms with Crippen LogP contribution in [-0.4, -0.2) is 31.7 Å². The zero-order chi connectivity index (χ0) is 37.2. The van der Waals surface area contributed by atoms with E-state index in [1.165, 1.54) is 43.8 Å². The summed E-state index contributed by atoms with van der Waals surface area (Å²) in [5.74, 6) is 0.753. The maximum Gasteiger partial charge on any atom is 0.498 e. The zero-order valence-electron chi connectivity index (χ0n) is 34.0. The first kappa shape index (κ1) is 38.4. The highest BCUT2D eigenvalue weighted by Gasteiger charge is 2.53. The Balaban J connectivity index is 1.99. The lowest BCUT2D eigenvalue weighted by Crippen LogP contribution is -2.41. The van der Waals surface area contributed by atoms with Crippen LogP contribution in [-0.2, 0) is 30.3 Å². The molecule has 1 saturated heterocycles. The summed E-state index contributed by atoms with van der Waals surface area (Å²) >= 11 is 0. The molecule has 1 heterocycles. The molecule has 5 heteroatoms. The van der Waals surface area contributed by atoms with Crippen LogP contribution in [0, 0.1) is 5.41 Å². The minimum atomic E-state index is -0.614. The van der Waals surface area contributed by atoms with Crippen LogP contribution in [0.15, 0.2) is 54.6 Å². The molecule has 1 aliphatic heterocycles. The van der Waals surface area contributed by atoms with Crippen LogP contribution in [0.4, 0.5) is 0 Å². The summed E-state index contributed by atoms with van der Waals surface area (Å²) < 4.78 is 26.3. The van der Waals surface area contributed by atoms with E-state index < -0.39 is 18.3 Å². The number of fused-ring (bicyclic) bond motifs is 2.